The first-order chi connectivity index (χ1) is 9.04. The molecular weight excluding hydrogens is 287 g/mol. The summed E-state index contributed by atoms with van der Waals surface area (Å²) in [7, 11) is 1.72. The summed E-state index contributed by atoms with van der Waals surface area (Å²) in [5.74, 6) is 0. The van der Waals surface area contributed by atoms with Crippen LogP contribution in [-0.4, -0.2) is 37.7 Å². The molecular formula is C13H18Cl2N2O2. The molecule has 0 fully saturated rings. The standard InChI is InChI=1S/C13H18Cl2N2O2/c1-3-19-7-6-16-13(18)17(2)9-10-4-5-11(14)12(15)8-10/h4-5,8H,3,6-7,9H2,1-2H3,(H,16,18). The first kappa shape index (κ1) is 16.1. The Labute approximate surface area is 123 Å². The van der Waals surface area contributed by atoms with Crippen LogP contribution in [0.4, 0.5) is 4.79 Å². The number of nitrogens with one attached hydrogen (secondary N) is 1. The highest BCUT2D eigenvalue weighted by molar-refractivity contribution is 6.42. The third-order valence-electron chi connectivity index (χ3n) is 2.48. The van der Waals surface area contributed by atoms with Crippen LogP contribution in [0.3, 0.4) is 0 Å². The van der Waals surface area contributed by atoms with E-state index in [0.717, 1.165) is 5.56 Å². The second kappa shape index (κ2) is 8.25. The molecule has 0 spiro atoms. The molecule has 6 heteroatoms. The number of urea groups is 1. The van der Waals surface area contributed by atoms with Gasteiger partial charge in [0, 0.05) is 26.7 Å². The van der Waals surface area contributed by atoms with Gasteiger partial charge in [0.15, 0.2) is 0 Å². The highest BCUT2D eigenvalue weighted by Crippen LogP contribution is 2.23. The fraction of sp³-hybridized carbons (Fsp3) is 0.462. The van der Waals surface area contributed by atoms with Crippen molar-refractivity contribution in [3.8, 4) is 0 Å². The summed E-state index contributed by atoms with van der Waals surface area (Å²) >= 11 is 11.8. The van der Waals surface area contributed by atoms with Gasteiger partial charge in [-0.3, -0.25) is 0 Å². The quantitative estimate of drug-likeness (QED) is 0.820. The molecule has 0 saturated heterocycles. The van der Waals surface area contributed by atoms with Crippen LogP contribution in [-0.2, 0) is 11.3 Å². The zero-order valence-electron chi connectivity index (χ0n) is 11.1. The normalized spacial score (nSPS) is 10.3. The zero-order chi connectivity index (χ0) is 14.3. The summed E-state index contributed by atoms with van der Waals surface area (Å²) in [5.41, 5.74) is 0.928. The van der Waals surface area contributed by atoms with Crippen LogP contribution >= 0.6 is 23.2 Å². The molecule has 0 bridgehead atoms. The van der Waals surface area contributed by atoms with Gasteiger partial charge in [0.2, 0.25) is 0 Å². The Morgan fingerprint density at radius 3 is 2.74 bits per heavy atom. The zero-order valence-corrected chi connectivity index (χ0v) is 12.6. The Balaban J connectivity index is 2.42. The second-order valence-electron chi connectivity index (χ2n) is 4.03. The van der Waals surface area contributed by atoms with Crippen LogP contribution in [0, 0.1) is 0 Å². The van der Waals surface area contributed by atoms with Gasteiger partial charge >= 0.3 is 6.03 Å². The fourth-order valence-electron chi connectivity index (χ4n) is 1.49. The molecule has 0 radical (unpaired) electrons. The number of hydrogen-bond donors (Lipinski definition) is 1. The molecule has 0 aliphatic heterocycles. The van der Waals surface area contributed by atoms with Crippen LogP contribution in [0.15, 0.2) is 18.2 Å². The minimum atomic E-state index is -0.147. The van der Waals surface area contributed by atoms with Crippen molar-refractivity contribution < 1.29 is 9.53 Å². The Morgan fingerprint density at radius 2 is 2.11 bits per heavy atom. The van der Waals surface area contributed by atoms with E-state index in [1.165, 1.54) is 0 Å². The summed E-state index contributed by atoms with van der Waals surface area (Å²) < 4.78 is 5.15. The Kier molecular flexibility index (Phi) is 6.99. The predicted molar refractivity (Wildman–Crippen MR) is 77.8 cm³/mol. The maximum absolute atomic E-state index is 11.8. The van der Waals surface area contributed by atoms with E-state index >= 15 is 0 Å². The summed E-state index contributed by atoms with van der Waals surface area (Å²) in [4.78, 5) is 13.3. The molecule has 1 aromatic carbocycles. The average Bonchev–Trinajstić information content (AvgIpc) is 2.38. The molecule has 106 valence electrons. The molecule has 1 aromatic rings. The molecule has 0 unspecified atom stereocenters. The third kappa shape index (κ3) is 5.68. The maximum Gasteiger partial charge on any atom is 0.317 e. The lowest BCUT2D eigenvalue weighted by molar-refractivity contribution is 0.146. The lowest BCUT2D eigenvalue weighted by Gasteiger charge is -2.18. The second-order valence-corrected chi connectivity index (χ2v) is 4.85. The number of rotatable bonds is 6. The number of carbonyl (C=O) groups is 1. The molecule has 0 atom stereocenters. The van der Waals surface area contributed by atoms with Gasteiger partial charge in [-0.2, -0.15) is 0 Å². The number of amides is 2. The number of nitrogens with zero attached hydrogens (tertiary/aromatic N) is 1. The molecule has 1 rings (SSSR count). The first-order valence-electron chi connectivity index (χ1n) is 6.05. The van der Waals surface area contributed by atoms with Gasteiger partial charge in [-0.25, -0.2) is 4.79 Å². The topological polar surface area (TPSA) is 41.6 Å². The van der Waals surface area contributed by atoms with Crippen molar-refractivity contribution in [2.24, 2.45) is 0 Å². The summed E-state index contributed by atoms with van der Waals surface area (Å²) in [6.45, 7) is 4.05. The van der Waals surface area contributed by atoms with Crippen molar-refractivity contribution >= 4 is 29.2 Å². The van der Waals surface area contributed by atoms with E-state index < -0.39 is 0 Å². The lowest BCUT2D eigenvalue weighted by atomic mass is 10.2. The Bertz CT molecular complexity index is 427. The monoisotopic (exact) mass is 304 g/mol. The van der Waals surface area contributed by atoms with Crippen LogP contribution in [0.2, 0.25) is 10.0 Å². The van der Waals surface area contributed by atoms with E-state index in [1.54, 1.807) is 24.1 Å². The molecule has 0 saturated carbocycles. The van der Waals surface area contributed by atoms with Gasteiger partial charge in [-0.15, -0.1) is 0 Å². The summed E-state index contributed by atoms with van der Waals surface area (Å²) in [6, 6.07) is 5.18. The smallest absolute Gasteiger partial charge is 0.317 e. The van der Waals surface area contributed by atoms with Crippen molar-refractivity contribution in [2.75, 3.05) is 26.8 Å². The SMILES string of the molecule is CCOCCNC(=O)N(C)Cc1ccc(Cl)c(Cl)c1. The maximum atomic E-state index is 11.8. The first-order valence-corrected chi connectivity index (χ1v) is 6.80. The van der Waals surface area contributed by atoms with E-state index in [1.807, 2.05) is 13.0 Å². The van der Waals surface area contributed by atoms with Crippen molar-refractivity contribution in [3.63, 3.8) is 0 Å². The van der Waals surface area contributed by atoms with Gasteiger partial charge in [0.25, 0.3) is 0 Å². The minimum absolute atomic E-state index is 0.147. The number of hydrogen-bond acceptors (Lipinski definition) is 2. The van der Waals surface area contributed by atoms with E-state index in [4.69, 9.17) is 27.9 Å². The van der Waals surface area contributed by atoms with E-state index in [2.05, 4.69) is 5.32 Å². The lowest BCUT2D eigenvalue weighted by Crippen LogP contribution is -2.38. The molecule has 0 aromatic heterocycles. The largest absolute Gasteiger partial charge is 0.380 e. The van der Waals surface area contributed by atoms with E-state index in [-0.39, 0.29) is 6.03 Å². The number of benzene rings is 1. The molecule has 0 aliphatic carbocycles. The van der Waals surface area contributed by atoms with Crippen molar-refractivity contribution in [1.82, 2.24) is 10.2 Å². The molecule has 2 amide bonds. The molecule has 1 N–H and O–H groups in total. The Morgan fingerprint density at radius 1 is 1.37 bits per heavy atom. The van der Waals surface area contributed by atoms with Crippen LogP contribution in [0.1, 0.15) is 12.5 Å². The van der Waals surface area contributed by atoms with E-state index in [9.17, 15) is 4.79 Å². The number of carbonyl (C=O) groups excluding carboxylic acids is 1. The predicted octanol–water partition coefficient (Wildman–Crippen LogP) is 3.17. The van der Waals surface area contributed by atoms with Gasteiger partial charge < -0.3 is 15.0 Å². The van der Waals surface area contributed by atoms with Crippen LogP contribution in [0.5, 0.6) is 0 Å². The molecule has 4 nitrogen and oxygen atoms in total. The molecule has 0 heterocycles. The fourth-order valence-corrected chi connectivity index (χ4v) is 1.81. The third-order valence-corrected chi connectivity index (χ3v) is 3.22. The van der Waals surface area contributed by atoms with Crippen molar-refractivity contribution in [1.29, 1.82) is 0 Å². The van der Waals surface area contributed by atoms with Crippen molar-refractivity contribution in [2.45, 2.75) is 13.5 Å². The van der Waals surface area contributed by atoms with Crippen LogP contribution < -0.4 is 5.32 Å². The van der Waals surface area contributed by atoms with Gasteiger partial charge in [0.1, 0.15) is 0 Å². The van der Waals surface area contributed by atoms with Crippen LogP contribution in [0.25, 0.3) is 0 Å². The highest BCUT2D eigenvalue weighted by Gasteiger charge is 2.09. The Hall–Kier alpha value is -0.970. The van der Waals surface area contributed by atoms with Crippen molar-refractivity contribution in [3.05, 3.63) is 33.8 Å². The van der Waals surface area contributed by atoms with Gasteiger partial charge in [0.05, 0.1) is 16.7 Å². The minimum Gasteiger partial charge on any atom is -0.380 e. The number of ether oxygens (including phenoxy) is 1. The summed E-state index contributed by atoms with van der Waals surface area (Å²) in [5, 5.41) is 3.77. The summed E-state index contributed by atoms with van der Waals surface area (Å²) in [6.07, 6.45) is 0. The number of halogens is 2. The highest BCUT2D eigenvalue weighted by atomic mass is 35.5. The van der Waals surface area contributed by atoms with Gasteiger partial charge in [-0.05, 0) is 24.6 Å². The van der Waals surface area contributed by atoms with Gasteiger partial charge in [-0.1, -0.05) is 29.3 Å². The average molecular weight is 305 g/mol. The molecule has 0 aliphatic rings. The molecule has 19 heavy (non-hydrogen) atoms. The van der Waals surface area contributed by atoms with E-state index in [0.29, 0.717) is 36.3 Å².